The van der Waals surface area contributed by atoms with E-state index >= 15 is 0 Å². The fourth-order valence-electron chi connectivity index (χ4n) is 3.20. The van der Waals surface area contributed by atoms with Crippen LogP contribution < -0.4 is 0 Å². The zero-order valence-corrected chi connectivity index (χ0v) is 15.2. The molecule has 11 heteroatoms. The van der Waals surface area contributed by atoms with E-state index in [0.717, 1.165) is 25.1 Å². The van der Waals surface area contributed by atoms with Crippen LogP contribution in [-0.4, -0.2) is 38.5 Å². The molecule has 0 saturated carbocycles. The molecule has 144 valence electrons. The van der Waals surface area contributed by atoms with Crippen LogP contribution in [0.4, 0.5) is 13.2 Å². The topological polar surface area (TPSA) is 82.7 Å². The Labute approximate surface area is 152 Å². The summed E-state index contributed by atoms with van der Waals surface area (Å²) in [6, 6.07) is 0.892. The van der Waals surface area contributed by atoms with Crippen molar-refractivity contribution in [1.29, 1.82) is 0 Å². The Kier molecular flexibility index (Phi) is 4.02. The first-order chi connectivity index (χ1) is 12.7. The average Bonchev–Trinajstić information content (AvgIpc) is 3.21. The van der Waals surface area contributed by atoms with Gasteiger partial charge in [0.15, 0.2) is 20.7 Å². The summed E-state index contributed by atoms with van der Waals surface area (Å²) in [5.41, 5.74) is -0.657. The van der Waals surface area contributed by atoms with Crippen LogP contribution in [0.2, 0.25) is 0 Å². The fourth-order valence-corrected chi connectivity index (χ4v) is 4.43. The van der Waals surface area contributed by atoms with Crippen molar-refractivity contribution in [2.45, 2.75) is 43.9 Å². The molecule has 0 bridgehead atoms. The zero-order valence-electron chi connectivity index (χ0n) is 14.4. The maximum absolute atomic E-state index is 12.9. The van der Waals surface area contributed by atoms with Crippen molar-refractivity contribution in [3.8, 4) is 5.82 Å². The lowest BCUT2D eigenvalue weighted by Gasteiger charge is -2.15. The third-order valence-electron chi connectivity index (χ3n) is 4.59. The van der Waals surface area contributed by atoms with Gasteiger partial charge >= 0.3 is 6.18 Å². The second-order valence-electron chi connectivity index (χ2n) is 6.37. The first-order valence-corrected chi connectivity index (χ1v) is 10.1. The highest BCUT2D eigenvalue weighted by atomic mass is 32.2. The molecule has 4 heterocycles. The molecule has 0 aliphatic carbocycles. The SMILES string of the molecule is CCS(=O)(=O)c1c(-n2cc3ncc(C(F)(F)F)cc3n2)nc2n1CCCC2. The molecule has 3 aromatic heterocycles. The average molecular weight is 399 g/mol. The van der Waals surface area contributed by atoms with Crippen LogP contribution >= 0.6 is 0 Å². The minimum absolute atomic E-state index is 0.0237. The van der Waals surface area contributed by atoms with E-state index in [4.69, 9.17) is 0 Å². The first kappa shape index (κ1) is 18.0. The molecule has 0 N–H and O–H groups in total. The van der Waals surface area contributed by atoms with Crippen LogP contribution in [0.3, 0.4) is 0 Å². The van der Waals surface area contributed by atoms with Crippen LogP contribution in [0.15, 0.2) is 23.5 Å². The van der Waals surface area contributed by atoms with Crippen LogP contribution in [0.5, 0.6) is 0 Å². The molecular formula is C16H16F3N5O2S. The number of aromatic nitrogens is 5. The molecule has 0 unspecified atom stereocenters. The lowest BCUT2D eigenvalue weighted by Crippen LogP contribution is -2.18. The molecule has 27 heavy (non-hydrogen) atoms. The molecular weight excluding hydrogens is 383 g/mol. The van der Waals surface area contributed by atoms with Crippen molar-refractivity contribution in [1.82, 2.24) is 24.3 Å². The molecule has 0 atom stereocenters. The third-order valence-corrected chi connectivity index (χ3v) is 6.34. The monoisotopic (exact) mass is 399 g/mol. The van der Waals surface area contributed by atoms with E-state index in [9.17, 15) is 21.6 Å². The number of fused-ring (bicyclic) bond motifs is 2. The first-order valence-electron chi connectivity index (χ1n) is 8.46. The van der Waals surface area contributed by atoms with Crippen molar-refractivity contribution in [2.75, 3.05) is 5.75 Å². The molecule has 3 aromatic rings. The lowest BCUT2D eigenvalue weighted by atomic mass is 10.2. The van der Waals surface area contributed by atoms with Gasteiger partial charge in [-0.3, -0.25) is 4.98 Å². The number of halogens is 3. The van der Waals surface area contributed by atoms with Crippen molar-refractivity contribution >= 4 is 20.9 Å². The normalized spacial score (nSPS) is 15.3. The Balaban J connectivity index is 1.92. The Bertz CT molecular complexity index is 1130. The van der Waals surface area contributed by atoms with Crippen molar-refractivity contribution in [2.24, 2.45) is 0 Å². The molecule has 0 amide bonds. The summed E-state index contributed by atoms with van der Waals surface area (Å²) in [5, 5.41) is 4.18. The van der Waals surface area contributed by atoms with Crippen molar-refractivity contribution in [3.05, 3.63) is 29.8 Å². The molecule has 0 radical (unpaired) electrons. The van der Waals surface area contributed by atoms with Crippen LogP contribution in [0.25, 0.3) is 16.9 Å². The highest BCUT2D eigenvalue weighted by molar-refractivity contribution is 7.91. The van der Waals surface area contributed by atoms with Gasteiger partial charge in [-0.25, -0.2) is 18.1 Å². The largest absolute Gasteiger partial charge is 0.417 e. The van der Waals surface area contributed by atoms with Gasteiger partial charge in [-0.05, 0) is 18.9 Å². The number of sulfone groups is 1. The summed E-state index contributed by atoms with van der Waals surface area (Å²) in [7, 11) is -3.60. The second-order valence-corrected chi connectivity index (χ2v) is 8.56. The van der Waals surface area contributed by atoms with Gasteiger partial charge in [-0.1, -0.05) is 6.92 Å². The molecule has 1 aliphatic heterocycles. The summed E-state index contributed by atoms with van der Waals surface area (Å²) >= 11 is 0. The minimum atomic E-state index is -4.53. The Morgan fingerprint density at radius 3 is 2.70 bits per heavy atom. The molecule has 4 rings (SSSR count). The molecule has 7 nitrogen and oxygen atoms in total. The molecule has 1 aliphatic rings. The number of nitrogens with zero attached hydrogens (tertiary/aromatic N) is 5. The maximum atomic E-state index is 12.9. The Morgan fingerprint density at radius 2 is 2.00 bits per heavy atom. The van der Waals surface area contributed by atoms with Gasteiger partial charge in [0.05, 0.1) is 17.5 Å². The number of hydrogen-bond acceptors (Lipinski definition) is 5. The number of rotatable bonds is 3. The predicted octanol–water partition coefficient (Wildman–Crippen LogP) is 2.77. The highest BCUT2D eigenvalue weighted by Crippen LogP contribution is 2.31. The summed E-state index contributed by atoms with van der Waals surface area (Å²) < 4.78 is 66.9. The number of pyridine rings is 1. The van der Waals surface area contributed by atoms with E-state index in [-0.39, 0.29) is 27.6 Å². The van der Waals surface area contributed by atoms with E-state index < -0.39 is 21.6 Å². The van der Waals surface area contributed by atoms with Crippen LogP contribution in [0, 0.1) is 0 Å². The van der Waals surface area contributed by atoms with Gasteiger partial charge in [0.1, 0.15) is 16.9 Å². The predicted molar refractivity (Wildman–Crippen MR) is 90.3 cm³/mol. The van der Waals surface area contributed by atoms with E-state index in [1.807, 2.05) is 0 Å². The third kappa shape index (κ3) is 2.99. The van der Waals surface area contributed by atoms with Crippen molar-refractivity contribution in [3.63, 3.8) is 0 Å². The van der Waals surface area contributed by atoms with E-state index in [2.05, 4.69) is 15.1 Å². The summed E-state index contributed by atoms with van der Waals surface area (Å²) in [6.07, 6.45) is -0.0142. The second kappa shape index (κ2) is 6.04. The standard InChI is InChI=1S/C16H16F3N5O2S/c1-2-27(25,26)15-14(21-13-5-3-4-6-23(13)15)24-9-12-11(22-24)7-10(8-20-12)16(17,18)19/h7-9H,2-6H2,1H3. The highest BCUT2D eigenvalue weighted by Gasteiger charge is 2.32. The zero-order chi connectivity index (χ0) is 19.4. The summed E-state index contributed by atoms with van der Waals surface area (Å²) in [6.45, 7) is 2.08. The molecule has 0 saturated heterocycles. The number of imidazole rings is 1. The summed E-state index contributed by atoms with van der Waals surface area (Å²) in [4.78, 5) is 8.24. The van der Waals surface area contributed by atoms with E-state index in [1.165, 1.54) is 10.9 Å². The quantitative estimate of drug-likeness (QED) is 0.676. The number of aryl methyl sites for hydroxylation is 1. The maximum Gasteiger partial charge on any atom is 0.417 e. The fraction of sp³-hybridized carbons (Fsp3) is 0.438. The summed E-state index contributed by atoms with van der Waals surface area (Å²) in [5.74, 6) is 0.648. The number of hydrogen-bond donors (Lipinski definition) is 0. The van der Waals surface area contributed by atoms with Gasteiger partial charge in [-0.2, -0.15) is 18.3 Å². The smallest absolute Gasteiger partial charge is 0.317 e. The van der Waals surface area contributed by atoms with Gasteiger partial charge in [0.2, 0.25) is 0 Å². The minimum Gasteiger partial charge on any atom is -0.317 e. The number of alkyl halides is 3. The van der Waals surface area contributed by atoms with Gasteiger partial charge in [-0.15, -0.1) is 0 Å². The Hall–Kier alpha value is -2.43. The van der Waals surface area contributed by atoms with Crippen LogP contribution in [0.1, 0.15) is 31.2 Å². The molecule has 0 spiro atoms. The van der Waals surface area contributed by atoms with Crippen molar-refractivity contribution < 1.29 is 21.6 Å². The lowest BCUT2D eigenvalue weighted by molar-refractivity contribution is -0.137. The van der Waals surface area contributed by atoms with E-state index in [0.29, 0.717) is 18.8 Å². The van der Waals surface area contributed by atoms with Gasteiger partial charge in [0.25, 0.3) is 0 Å². The van der Waals surface area contributed by atoms with E-state index in [1.54, 1.807) is 11.5 Å². The molecule has 0 fully saturated rings. The van der Waals surface area contributed by atoms with Crippen LogP contribution in [-0.2, 0) is 29.0 Å². The van der Waals surface area contributed by atoms with Gasteiger partial charge < -0.3 is 4.57 Å². The molecule has 0 aromatic carbocycles. The Morgan fingerprint density at radius 1 is 1.22 bits per heavy atom. The van der Waals surface area contributed by atoms with Gasteiger partial charge in [0, 0.05) is 19.2 Å².